The summed E-state index contributed by atoms with van der Waals surface area (Å²) in [5.74, 6) is 1.87. The Balaban J connectivity index is 1.47. The van der Waals surface area contributed by atoms with E-state index in [9.17, 15) is 0 Å². The predicted octanol–water partition coefficient (Wildman–Crippen LogP) is 3.21. The summed E-state index contributed by atoms with van der Waals surface area (Å²) in [6.45, 7) is 6.30. The van der Waals surface area contributed by atoms with Gasteiger partial charge in [-0.05, 0) is 36.4 Å². The van der Waals surface area contributed by atoms with Crippen molar-refractivity contribution in [1.82, 2.24) is 25.4 Å². The molecule has 8 heteroatoms. The highest BCUT2D eigenvalue weighted by atomic mass is 32.1. The molecule has 166 valence electrons. The number of nitrogens with zero attached hydrogens (tertiary/aromatic N) is 5. The lowest BCUT2D eigenvalue weighted by Gasteiger charge is -2.18. The van der Waals surface area contributed by atoms with Crippen molar-refractivity contribution >= 4 is 23.0 Å². The lowest BCUT2D eigenvalue weighted by molar-refractivity contribution is 0.631. The van der Waals surface area contributed by atoms with Gasteiger partial charge in [-0.3, -0.25) is 4.99 Å². The smallest absolute Gasteiger partial charge is 0.191 e. The molecule has 0 saturated heterocycles. The van der Waals surface area contributed by atoms with Crippen molar-refractivity contribution in [2.45, 2.75) is 32.7 Å². The van der Waals surface area contributed by atoms with Crippen LogP contribution in [0.3, 0.4) is 0 Å². The Bertz CT molecular complexity index is 890. The summed E-state index contributed by atoms with van der Waals surface area (Å²) in [5, 5.41) is 17.2. The fraction of sp³-hybridized carbons (Fsp3) is 0.435. The zero-order valence-electron chi connectivity index (χ0n) is 18.5. The van der Waals surface area contributed by atoms with Gasteiger partial charge in [0.25, 0.3) is 0 Å². The Morgan fingerprint density at radius 2 is 1.97 bits per heavy atom. The predicted molar refractivity (Wildman–Crippen MR) is 130 cm³/mol. The molecule has 2 N–H and O–H groups in total. The summed E-state index contributed by atoms with van der Waals surface area (Å²) < 4.78 is 2.09. The standard InChI is InChI=1S/C23H33N7S/c1-3-22-28-27-19-30(22)17-15-26-23(25-14-12-21-11-7-18-31-21)24-13-8-16-29(2)20-9-5-4-6-10-20/h4-7,9-11,18-19H,3,8,12-17H2,1-2H3,(H2,24,25,26). The highest BCUT2D eigenvalue weighted by Gasteiger charge is 2.04. The van der Waals surface area contributed by atoms with E-state index >= 15 is 0 Å². The Kier molecular flexibility index (Phi) is 9.37. The number of thiophene rings is 1. The number of aliphatic imine (C=N–C) groups is 1. The minimum absolute atomic E-state index is 0.776. The van der Waals surface area contributed by atoms with Gasteiger partial charge in [0.05, 0.1) is 0 Å². The van der Waals surface area contributed by atoms with Crippen molar-refractivity contribution in [3.05, 3.63) is 64.9 Å². The molecule has 3 aromatic rings. The van der Waals surface area contributed by atoms with Crippen LogP contribution in [0.5, 0.6) is 0 Å². The SMILES string of the molecule is CCc1nncn1CCNC(=NCCCN(C)c1ccccc1)NCCc1cccs1. The quantitative estimate of drug-likeness (QED) is 0.258. The summed E-state index contributed by atoms with van der Waals surface area (Å²) in [6, 6.07) is 14.7. The number of rotatable bonds is 12. The molecule has 0 radical (unpaired) electrons. The first-order valence-electron chi connectivity index (χ1n) is 10.9. The van der Waals surface area contributed by atoms with E-state index in [4.69, 9.17) is 4.99 Å². The van der Waals surface area contributed by atoms with Gasteiger partial charge in [-0.15, -0.1) is 21.5 Å². The molecule has 0 aliphatic heterocycles. The number of guanidine groups is 1. The zero-order valence-corrected chi connectivity index (χ0v) is 19.3. The highest BCUT2D eigenvalue weighted by Crippen LogP contribution is 2.11. The Morgan fingerprint density at radius 3 is 2.74 bits per heavy atom. The molecule has 0 bridgehead atoms. The van der Waals surface area contributed by atoms with Crippen molar-refractivity contribution < 1.29 is 0 Å². The first-order valence-corrected chi connectivity index (χ1v) is 11.8. The van der Waals surface area contributed by atoms with Crippen LogP contribution < -0.4 is 15.5 Å². The first-order chi connectivity index (χ1) is 15.3. The summed E-state index contributed by atoms with van der Waals surface area (Å²) in [6.07, 6.45) is 4.67. The van der Waals surface area contributed by atoms with Crippen LogP contribution in [0.1, 0.15) is 24.0 Å². The fourth-order valence-corrected chi connectivity index (χ4v) is 3.99. The van der Waals surface area contributed by atoms with E-state index in [2.05, 4.69) is 86.0 Å². The van der Waals surface area contributed by atoms with Crippen molar-refractivity contribution in [3.8, 4) is 0 Å². The average Bonchev–Trinajstić information content (AvgIpc) is 3.48. The Morgan fingerprint density at radius 1 is 1.13 bits per heavy atom. The number of benzene rings is 1. The van der Waals surface area contributed by atoms with Gasteiger partial charge in [0, 0.05) is 56.8 Å². The zero-order chi connectivity index (χ0) is 21.7. The van der Waals surface area contributed by atoms with Crippen LogP contribution in [-0.2, 0) is 19.4 Å². The molecule has 31 heavy (non-hydrogen) atoms. The van der Waals surface area contributed by atoms with Crippen molar-refractivity contribution in [1.29, 1.82) is 0 Å². The minimum Gasteiger partial charge on any atom is -0.375 e. The van der Waals surface area contributed by atoms with Gasteiger partial charge in [0.15, 0.2) is 5.96 Å². The molecule has 2 aromatic heterocycles. The molecule has 0 spiro atoms. The number of aryl methyl sites for hydroxylation is 1. The second-order valence-corrected chi connectivity index (χ2v) is 8.35. The fourth-order valence-electron chi connectivity index (χ4n) is 3.28. The van der Waals surface area contributed by atoms with Gasteiger partial charge in [0.2, 0.25) is 0 Å². The lowest BCUT2D eigenvalue weighted by atomic mass is 10.3. The number of anilines is 1. The molecule has 0 saturated carbocycles. The maximum Gasteiger partial charge on any atom is 0.191 e. The highest BCUT2D eigenvalue weighted by molar-refractivity contribution is 7.09. The second kappa shape index (κ2) is 12.7. The maximum absolute atomic E-state index is 4.80. The summed E-state index contributed by atoms with van der Waals surface area (Å²) >= 11 is 1.79. The molecule has 0 atom stereocenters. The number of aromatic nitrogens is 3. The molecule has 0 aliphatic carbocycles. The van der Waals surface area contributed by atoms with Crippen LogP contribution in [-0.4, -0.2) is 54.0 Å². The number of hydrogen-bond donors (Lipinski definition) is 2. The third kappa shape index (κ3) is 7.71. The van der Waals surface area contributed by atoms with Gasteiger partial charge in [0.1, 0.15) is 12.2 Å². The van der Waals surface area contributed by atoms with Crippen LogP contribution >= 0.6 is 11.3 Å². The Hall–Kier alpha value is -2.87. The van der Waals surface area contributed by atoms with E-state index in [1.165, 1.54) is 10.6 Å². The van der Waals surface area contributed by atoms with E-state index in [-0.39, 0.29) is 0 Å². The van der Waals surface area contributed by atoms with Crippen LogP contribution in [0.25, 0.3) is 0 Å². The maximum atomic E-state index is 4.80. The topological polar surface area (TPSA) is 70.4 Å². The molecule has 0 unspecified atom stereocenters. The molecule has 0 amide bonds. The van der Waals surface area contributed by atoms with Gasteiger partial charge in [-0.25, -0.2) is 0 Å². The van der Waals surface area contributed by atoms with E-state index in [1.54, 1.807) is 17.7 Å². The van der Waals surface area contributed by atoms with Gasteiger partial charge >= 0.3 is 0 Å². The van der Waals surface area contributed by atoms with E-state index in [0.29, 0.717) is 0 Å². The molecule has 1 aromatic carbocycles. The Labute approximate surface area is 189 Å². The first kappa shape index (κ1) is 22.8. The van der Waals surface area contributed by atoms with Crippen LogP contribution in [0, 0.1) is 0 Å². The molecular formula is C23H33N7S. The van der Waals surface area contributed by atoms with E-state index in [0.717, 1.165) is 63.8 Å². The van der Waals surface area contributed by atoms with Crippen LogP contribution in [0.2, 0.25) is 0 Å². The lowest BCUT2D eigenvalue weighted by Crippen LogP contribution is -2.40. The van der Waals surface area contributed by atoms with Crippen LogP contribution in [0.15, 0.2) is 59.2 Å². The summed E-state index contributed by atoms with van der Waals surface area (Å²) in [7, 11) is 2.13. The number of hydrogen-bond acceptors (Lipinski definition) is 5. The molecule has 3 rings (SSSR count). The number of nitrogens with one attached hydrogen (secondary N) is 2. The summed E-state index contributed by atoms with van der Waals surface area (Å²) in [5.41, 5.74) is 1.24. The largest absolute Gasteiger partial charge is 0.375 e. The van der Waals surface area contributed by atoms with Crippen molar-refractivity contribution in [2.75, 3.05) is 38.1 Å². The molecule has 0 aliphatic rings. The van der Waals surface area contributed by atoms with Gasteiger partial charge in [-0.2, -0.15) is 0 Å². The molecule has 7 nitrogen and oxygen atoms in total. The third-order valence-corrected chi connectivity index (χ3v) is 5.96. The minimum atomic E-state index is 0.776. The van der Waals surface area contributed by atoms with E-state index < -0.39 is 0 Å². The molecule has 0 fully saturated rings. The molecular weight excluding hydrogens is 406 g/mol. The number of para-hydroxylation sites is 1. The second-order valence-electron chi connectivity index (χ2n) is 7.32. The van der Waals surface area contributed by atoms with Crippen molar-refractivity contribution in [2.24, 2.45) is 4.99 Å². The van der Waals surface area contributed by atoms with Crippen molar-refractivity contribution in [3.63, 3.8) is 0 Å². The summed E-state index contributed by atoms with van der Waals surface area (Å²) in [4.78, 5) is 8.45. The van der Waals surface area contributed by atoms with Gasteiger partial charge < -0.3 is 20.1 Å². The molecule has 2 heterocycles. The average molecular weight is 440 g/mol. The monoisotopic (exact) mass is 439 g/mol. The van der Waals surface area contributed by atoms with E-state index in [1.807, 2.05) is 6.07 Å². The third-order valence-electron chi connectivity index (χ3n) is 5.02. The van der Waals surface area contributed by atoms with Gasteiger partial charge in [-0.1, -0.05) is 31.2 Å². The van der Waals surface area contributed by atoms with Crippen LogP contribution in [0.4, 0.5) is 5.69 Å². The normalized spacial score (nSPS) is 11.5.